The third-order valence-electron chi connectivity index (χ3n) is 3.66. The predicted molar refractivity (Wildman–Crippen MR) is 73.0 cm³/mol. The minimum absolute atomic E-state index is 0.0333. The van der Waals surface area contributed by atoms with Gasteiger partial charge in [0, 0.05) is 18.6 Å². The van der Waals surface area contributed by atoms with Gasteiger partial charge in [-0.1, -0.05) is 0 Å². The SMILES string of the molecule is N[C@H](C(=O)N1CCC[C@H]1SO)C1CCSCC1. The van der Waals surface area contributed by atoms with Crippen LogP contribution in [0.2, 0.25) is 0 Å². The zero-order chi connectivity index (χ0) is 12.3. The van der Waals surface area contributed by atoms with Crippen molar-refractivity contribution in [3.63, 3.8) is 0 Å². The van der Waals surface area contributed by atoms with E-state index in [0.29, 0.717) is 5.92 Å². The maximum absolute atomic E-state index is 12.3. The molecule has 0 aromatic carbocycles. The lowest BCUT2D eigenvalue weighted by Gasteiger charge is -2.31. The lowest BCUT2D eigenvalue weighted by molar-refractivity contribution is -0.133. The molecule has 2 atom stereocenters. The van der Waals surface area contributed by atoms with Crippen LogP contribution in [0.25, 0.3) is 0 Å². The van der Waals surface area contributed by atoms with Gasteiger partial charge >= 0.3 is 0 Å². The van der Waals surface area contributed by atoms with Crippen molar-refractivity contribution in [3.05, 3.63) is 0 Å². The quantitative estimate of drug-likeness (QED) is 0.767. The summed E-state index contributed by atoms with van der Waals surface area (Å²) in [6.45, 7) is 0.742. The molecule has 2 rings (SSSR count). The topological polar surface area (TPSA) is 66.6 Å². The Morgan fingerprint density at radius 2 is 2.12 bits per heavy atom. The highest BCUT2D eigenvalue weighted by molar-refractivity contribution is 7.99. The lowest BCUT2D eigenvalue weighted by atomic mass is 9.93. The molecule has 2 fully saturated rings. The number of carbonyl (C=O) groups excluding carboxylic acids is 1. The number of nitrogens with zero attached hydrogens (tertiary/aromatic N) is 1. The third-order valence-corrected chi connectivity index (χ3v) is 5.44. The Morgan fingerprint density at radius 3 is 2.76 bits per heavy atom. The Hall–Kier alpha value is 0.0900. The molecule has 0 aliphatic carbocycles. The number of nitrogens with two attached hydrogens (primary N) is 1. The third kappa shape index (κ3) is 3.10. The zero-order valence-electron chi connectivity index (χ0n) is 9.88. The second-order valence-electron chi connectivity index (χ2n) is 4.71. The average molecular weight is 276 g/mol. The second kappa shape index (κ2) is 6.31. The van der Waals surface area contributed by atoms with E-state index in [9.17, 15) is 4.79 Å². The molecule has 6 heteroatoms. The Labute approximate surface area is 111 Å². The van der Waals surface area contributed by atoms with Crippen LogP contribution >= 0.6 is 23.8 Å². The van der Waals surface area contributed by atoms with Crippen LogP contribution in [0, 0.1) is 5.92 Å². The molecule has 2 aliphatic heterocycles. The molecular formula is C11H20N2O2S2. The maximum Gasteiger partial charge on any atom is 0.240 e. The summed E-state index contributed by atoms with van der Waals surface area (Å²) in [6.07, 6.45) is 3.93. The van der Waals surface area contributed by atoms with E-state index in [4.69, 9.17) is 10.3 Å². The van der Waals surface area contributed by atoms with Gasteiger partial charge in [0.05, 0.1) is 6.04 Å². The van der Waals surface area contributed by atoms with Crippen LogP contribution in [-0.2, 0) is 4.79 Å². The summed E-state index contributed by atoms with van der Waals surface area (Å²) in [5, 5.41) is -0.0773. The van der Waals surface area contributed by atoms with Gasteiger partial charge in [-0.15, -0.1) is 0 Å². The molecule has 1 amide bonds. The monoisotopic (exact) mass is 276 g/mol. The van der Waals surface area contributed by atoms with Gasteiger partial charge < -0.3 is 15.2 Å². The van der Waals surface area contributed by atoms with Gasteiger partial charge in [0.1, 0.15) is 5.37 Å². The number of rotatable bonds is 3. The first-order valence-corrected chi connectivity index (χ1v) is 8.17. The van der Waals surface area contributed by atoms with E-state index in [1.54, 1.807) is 4.90 Å². The molecule has 17 heavy (non-hydrogen) atoms. The fourth-order valence-corrected chi connectivity index (χ4v) is 4.30. The molecule has 0 aromatic rings. The fraction of sp³-hybridized carbons (Fsp3) is 0.909. The number of hydrogen-bond acceptors (Lipinski definition) is 5. The van der Waals surface area contributed by atoms with Gasteiger partial charge in [0.25, 0.3) is 0 Å². The highest BCUT2D eigenvalue weighted by atomic mass is 32.2. The summed E-state index contributed by atoms with van der Waals surface area (Å²) in [4.78, 5) is 14.0. The molecule has 2 heterocycles. The van der Waals surface area contributed by atoms with E-state index >= 15 is 0 Å². The fourth-order valence-electron chi connectivity index (χ4n) is 2.57. The van der Waals surface area contributed by atoms with Crippen LogP contribution < -0.4 is 5.73 Å². The molecule has 2 aliphatic rings. The standard InChI is InChI=1S/C11H20N2O2S2/c12-10(8-3-6-16-7-4-8)11(14)13-5-1-2-9(13)17-15/h8-10,15H,1-7,12H2/t9-,10+/m1/s1. The van der Waals surface area contributed by atoms with Crippen LogP contribution in [0.3, 0.4) is 0 Å². The number of thioether (sulfide) groups is 1. The molecule has 0 radical (unpaired) electrons. The van der Waals surface area contributed by atoms with Crippen LogP contribution in [0.4, 0.5) is 0 Å². The molecule has 98 valence electrons. The molecule has 0 unspecified atom stereocenters. The molecule has 0 spiro atoms. The number of likely N-dealkylation sites (tertiary alicyclic amines) is 1. The van der Waals surface area contributed by atoms with Crippen molar-refractivity contribution in [2.45, 2.75) is 37.1 Å². The summed E-state index contributed by atoms with van der Waals surface area (Å²) >= 11 is 2.72. The van der Waals surface area contributed by atoms with Gasteiger partial charge in [0.2, 0.25) is 5.91 Å². The summed E-state index contributed by atoms with van der Waals surface area (Å²) in [5.41, 5.74) is 6.10. The summed E-state index contributed by atoms with van der Waals surface area (Å²) in [7, 11) is 0. The molecule has 2 saturated heterocycles. The van der Waals surface area contributed by atoms with Crippen LogP contribution in [0.5, 0.6) is 0 Å². The van der Waals surface area contributed by atoms with E-state index in [1.807, 2.05) is 11.8 Å². The molecule has 0 saturated carbocycles. The first-order valence-electron chi connectivity index (χ1n) is 6.18. The maximum atomic E-state index is 12.3. The smallest absolute Gasteiger partial charge is 0.240 e. The Bertz CT molecular complexity index is 272. The van der Waals surface area contributed by atoms with Gasteiger partial charge in [0.15, 0.2) is 0 Å². The van der Waals surface area contributed by atoms with E-state index in [2.05, 4.69) is 0 Å². The Balaban J connectivity index is 1.93. The Morgan fingerprint density at radius 1 is 1.41 bits per heavy atom. The number of amides is 1. The van der Waals surface area contributed by atoms with Gasteiger partial charge in [-0.25, -0.2) is 0 Å². The van der Waals surface area contributed by atoms with E-state index in [-0.39, 0.29) is 17.3 Å². The van der Waals surface area contributed by atoms with E-state index < -0.39 is 0 Å². The average Bonchev–Trinajstić information content (AvgIpc) is 2.86. The normalized spacial score (nSPS) is 28.4. The van der Waals surface area contributed by atoms with Crippen molar-refractivity contribution in [1.82, 2.24) is 4.90 Å². The first kappa shape index (κ1) is 13.5. The van der Waals surface area contributed by atoms with Crippen molar-refractivity contribution < 1.29 is 9.35 Å². The van der Waals surface area contributed by atoms with E-state index in [0.717, 1.165) is 55.8 Å². The molecule has 0 bridgehead atoms. The van der Waals surface area contributed by atoms with Crippen LogP contribution in [0.15, 0.2) is 0 Å². The van der Waals surface area contributed by atoms with Gasteiger partial charge in [-0.2, -0.15) is 11.8 Å². The van der Waals surface area contributed by atoms with Crippen molar-refractivity contribution in [1.29, 1.82) is 0 Å². The van der Waals surface area contributed by atoms with Crippen molar-refractivity contribution in [3.8, 4) is 0 Å². The molecule has 0 aromatic heterocycles. The Kier molecular flexibility index (Phi) is 5.02. The summed E-state index contributed by atoms with van der Waals surface area (Å²) in [5.74, 6) is 2.59. The highest BCUT2D eigenvalue weighted by Crippen LogP contribution is 2.29. The van der Waals surface area contributed by atoms with Crippen LogP contribution in [-0.4, -0.2) is 44.8 Å². The predicted octanol–water partition coefficient (Wildman–Crippen LogP) is 1.61. The number of carbonyl (C=O) groups is 1. The molecule has 3 N–H and O–H groups in total. The van der Waals surface area contributed by atoms with Crippen molar-refractivity contribution >= 4 is 29.7 Å². The summed E-state index contributed by atoms with van der Waals surface area (Å²) in [6, 6.07) is -0.372. The van der Waals surface area contributed by atoms with Crippen molar-refractivity contribution in [2.75, 3.05) is 18.1 Å². The molecule has 4 nitrogen and oxygen atoms in total. The lowest BCUT2D eigenvalue weighted by Crippen LogP contribution is -2.49. The molecular weight excluding hydrogens is 256 g/mol. The van der Waals surface area contributed by atoms with Gasteiger partial charge in [-0.05, 0) is 43.1 Å². The second-order valence-corrected chi connectivity index (χ2v) is 6.69. The number of hydrogen-bond donors (Lipinski definition) is 2. The highest BCUT2D eigenvalue weighted by Gasteiger charge is 2.35. The van der Waals surface area contributed by atoms with Crippen LogP contribution in [0.1, 0.15) is 25.7 Å². The minimum atomic E-state index is -0.372. The minimum Gasteiger partial charge on any atom is -0.328 e. The summed E-state index contributed by atoms with van der Waals surface area (Å²) < 4.78 is 9.16. The van der Waals surface area contributed by atoms with Crippen molar-refractivity contribution in [2.24, 2.45) is 11.7 Å². The zero-order valence-corrected chi connectivity index (χ0v) is 11.5. The van der Waals surface area contributed by atoms with E-state index in [1.165, 1.54) is 0 Å². The van der Waals surface area contributed by atoms with Gasteiger partial charge in [-0.3, -0.25) is 4.79 Å². The largest absolute Gasteiger partial charge is 0.328 e. The first-order chi connectivity index (χ1) is 8.24.